The van der Waals surface area contributed by atoms with Crippen LogP contribution in [0.1, 0.15) is 12.5 Å². The molecule has 0 spiro atoms. The first-order valence-corrected chi connectivity index (χ1v) is 5.24. The van der Waals surface area contributed by atoms with Gasteiger partial charge in [0.05, 0.1) is 7.11 Å². The Morgan fingerprint density at radius 1 is 1.53 bits per heavy atom. The molecule has 1 N–H and O–H groups in total. The van der Waals surface area contributed by atoms with E-state index < -0.39 is 0 Å². The lowest BCUT2D eigenvalue weighted by Crippen LogP contribution is -2.21. The minimum Gasteiger partial charge on any atom is -0.497 e. The Labute approximate surface area is 94.4 Å². The predicted octanol–water partition coefficient (Wildman–Crippen LogP) is 2.55. The first kappa shape index (κ1) is 12.3. The van der Waals surface area contributed by atoms with E-state index in [0.29, 0.717) is 24.4 Å². The Hall–Kier alpha value is -0.800. The molecular weight excluding hydrogens is 217 g/mol. The van der Waals surface area contributed by atoms with Crippen molar-refractivity contribution in [2.24, 2.45) is 0 Å². The maximum Gasteiger partial charge on any atom is 0.131 e. The van der Waals surface area contributed by atoms with Gasteiger partial charge in [0.1, 0.15) is 11.6 Å². The molecule has 1 aromatic carbocycles. The van der Waals surface area contributed by atoms with Crippen molar-refractivity contribution in [1.29, 1.82) is 0 Å². The van der Waals surface area contributed by atoms with E-state index in [2.05, 4.69) is 5.32 Å². The average molecular weight is 232 g/mol. The van der Waals surface area contributed by atoms with Gasteiger partial charge in [0.25, 0.3) is 0 Å². The summed E-state index contributed by atoms with van der Waals surface area (Å²) < 4.78 is 18.3. The van der Waals surface area contributed by atoms with Crippen LogP contribution >= 0.6 is 11.6 Å². The maximum absolute atomic E-state index is 13.4. The fourth-order valence-corrected chi connectivity index (χ4v) is 1.31. The highest BCUT2D eigenvalue weighted by Crippen LogP contribution is 2.15. The van der Waals surface area contributed by atoms with Crippen LogP contribution in [0, 0.1) is 5.82 Å². The van der Waals surface area contributed by atoms with E-state index in [1.807, 2.05) is 6.92 Å². The van der Waals surface area contributed by atoms with Crippen LogP contribution in [0.2, 0.25) is 0 Å². The summed E-state index contributed by atoms with van der Waals surface area (Å²) in [5.41, 5.74) is 0.619. The van der Waals surface area contributed by atoms with Crippen molar-refractivity contribution < 1.29 is 9.13 Å². The van der Waals surface area contributed by atoms with E-state index in [1.165, 1.54) is 13.2 Å². The highest BCUT2D eigenvalue weighted by molar-refractivity contribution is 6.20. The van der Waals surface area contributed by atoms with Gasteiger partial charge in [0.2, 0.25) is 0 Å². The molecule has 1 atom stereocenters. The van der Waals surface area contributed by atoms with Gasteiger partial charge < -0.3 is 10.1 Å². The predicted molar refractivity (Wildman–Crippen MR) is 60.0 cm³/mol. The number of ether oxygens (including phenoxy) is 1. The molecule has 0 saturated carbocycles. The van der Waals surface area contributed by atoms with E-state index in [1.54, 1.807) is 12.1 Å². The SMILES string of the molecule is COc1ccc(CNCC(C)Cl)c(F)c1. The maximum atomic E-state index is 13.4. The molecule has 1 unspecified atom stereocenters. The van der Waals surface area contributed by atoms with Crippen molar-refractivity contribution >= 4 is 11.6 Å². The number of hydrogen-bond donors (Lipinski definition) is 1. The highest BCUT2D eigenvalue weighted by atomic mass is 35.5. The molecule has 2 nitrogen and oxygen atoms in total. The Bertz CT molecular complexity index is 317. The van der Waals surface area contributed by atoms with Crippen LogP contribution in [0.5, 0.6) is 5.75 Å². The minimum absolute atomic E-state index is 0.0475. The van der Waals surface area contributed by atoms with Gasteiger partial charge in [0.15, 0.2) is 0 Å². The average Bonchev–Trinajstić information content (AvgIpc) is 2.20. The number of nitrogens with one attached hydrogen (secondary N) is 1. The molecule has 4 heteroatoms. The number of halogens is 2. The Kier molecular flexibility index (Phi) is 4.85. The number of alkyl halides is 1. The molecule has 0 aliphatic heterocycles. The van der Waals surface area contributed by atoms with E-state index in [9.17, 15) is 4.39 Å². The van der Waals surface area contributed by atoms with Crippen molar-refractivity contribution in [2.45, 2.75) is 18.8 Å². The standard InChI is InChI=1S/C11H15ClFNO/c1-8(12)6-14-7-9-3-4-10(15-2)5-11(9)13/h3-5,8,14H,6-7H2,1-2H3. The topological polar surface area (TPSA) is 21.3 Å². The number of hydrogen-bond acceptors (Lipinski definition) is 2. The molecule has 1 aromatic rings. The Morgan fingerprint density at radius 3 is 2.80 bits per heavy atom. The Balaban J connectivity index is 2.54. The second-order valence-electron chi connectivity index (χ2n) is 3.37. The van der Waals surface area contributed by atoms with Crippen molar-refractivity contribution in [3.8, 4) is 5.75 Å². The van der Waals surface area contributed by atoms with Crippen LogP contribution in [0.4, 0.5) is 4.39 Å². The van der Waals surface area contributed by atoms with E-state index in [-0.39, 0.29) is 11.2 Å². The van der Waals surface area contributed by atoms with Gasteiger partial charge in [-0.3, -0.25) is 0 Å². The van der Waals surface area contributed by atoms with Crippen LogP contribution in [-0.2, 0) is 6.54 Å². The van der Waals surface area contributed by atoms with Gasteiger partial charge in [-0.25, -0.2) is 4.39 Å². The molecule has 0 aliphatic rings. The Morgan fingerprint density at radius 2 is 2.27 bits per heavy atom. The lowest BCUT2D eigenvalue weighted by atomic mass is 10.2. The second-order valence-corrected chi connectivity index (χ2v) is 4.11. The second kappa shape index (κ2) is 5.93. The summed E-state index contributed by atoms with van der Waals surface area (Å²) in [6.45, 7) is 3.03. The zero-order valence-electron chi connectivity index (χ0n) is 8.89. The molecule has 0 aliphatic carbocycles. The van der Waals surface area contributed by atoms with Gasteiger partial charge in [-0.05, 0) is 13.0 Å². The van der Waals surface area contributed by atoms with E-state index >= 15 is 0 Å². The number of methoxy groups -OCH3 is 1. The first-order valence-electron chi connectivity index (χ1n) is 4.80. The van der Waals surface area contributed by atoms with Gasteiger partial charge in [0, 0.05) is 30.1 Å². The normalized spacial score (nSPS) is 12.5. The molecule has 0 amide bonds. The lowest BCUT2D eigenvalue weighted by Gasteiger charge is -2.08. The van der Waals surface area contributed by atoms with Crippen LogP contribution in [0.15, 0.2) is 18.2 Å². The van der Waals surface area contributed by atoms with Gasteiger partial charge in [-0.2, -0.15) is 0 Å². The van der Waals surface area contributed by atoms with Crippen molar-refractivity contribution in [3.05, 3.63) is 29.6 Å². The molecular formula is C11H15ClFNO. The van der Waals surface area contributed by atoms with Gasteiger partial charge in [-0.1, -0.05) is 6.07 Å². The lowest BCUT2D eigenvalue weighted by molar-refractivity contribution is 0.410. The van der Waals surface area contributed by atoms with Crippen LogP contribution in [-0.4, -0.2) is 19.0 Å². The summed E-state index contributed by atoms with van der Waals surface area (Å²) in [7, 11) is 1.52. The largest absolute Gasteiger partial charge is 0.497 e. The summed E-state index contributed by atoms with van der Waals surface area (Å²) in [6.07, 6.45) is 0. The third kappa shape index (κ3) is 4.06. The summed E-state index contributed by atoms with van der Waals surface area (Å²) in [4.78, 5) is 0. The molecule has 0 aromatic heterocycles. The monoisotopic (exact) mass is 231 g/mol. The van der Waals surface area contributed by atoms with Gasteiger partial charge in [-0.15, -0.1) is 11.6 Å². The van der Waals surface area contributed by atoms with E-state index in [4.69, 9.17) is 16.3 Å². The van der Waals surface area contributed by atoms with E-state index in [0.717, 1.165) is 0 Å². The third-order valence-electron chi connectivity index (χ3n) is 2.00. The number of rotatable bonds is 5. The van der Waals surface area contributed by atoms with Crippen molar-refractivity contribution in [1.82, 2.24) is 5.32 Å². The third-order valence-corrected chi connectivity index (χ3v) is 2.16. The molecule has 15 heavy (non-hydrogen) atoms. The minimum atomic E-state index is -0.260. The molecule has 0 heterocycles. The molecule has 84 valence electrons. The highest BCUT2D eigenvalue weighted by Gasteiger charge is 2.04. The fourth-order valence-electron chi connectivity index (χ4n) is 1.20. The first-order chi connectivity index (χ1) is 7.13. The zero-order chi connectivity index (χ0) is 11.3. The molecule has 0 saturated heterocycles. The zero-order valence-corrected chi connectivity index (χ0v) is 9.64. The summed E-state index contributed by atoms with van der Waals surface area (Å²) in [5.74, 6) is 0.269. The molecule has 0 bridgehead atoms. The number of benzene rings is 1. The van der Waals surface area contributed by atoms with Crippen molar-refractivity contribution in [3.63, 3.8) is 0 Å². The van der Waals surface area contributed by atoms with Crippen LogP contribution in [0.25, 0.3) is 0 Å². The molecule has 0 radical (unpaired) electrons. The van der Waals surface area contributed by atoms with Crippen LogP contribution in [0.3, 0.4) is 0 Å². The van der Waals surface area contributed by atoms with Crippen LogP contribution < -0.4 is 10.1 Å². The van der Waals surface area contributed by atoms with Crippen molar-refractivity contribution in [2.75, 3.05) is 13.7 Å². The summed E-state index contributed by atoms with van der Waals surface area (Å²) in [6, 6.07) is 4.82. The smallest absolute Gasteiger partial charge is 0.131 e. The van der Waals surface area contributed by atoms with Gasteiger partial charge >= 0.3 is 0 Å². The quantitative estimate of drug-likeness (QED) is 0.787. The summed E-state index contributed by atoms with van der Waals surface area (Å²) in [5, 5.41) is 3.11. The molecule has 1 rings (SSSR count). The molecule has 0 fully saturated rings. The summed E-state index contributed by atoms with van der Waals surface area (Å²) >= 11 is 5.76. The fraction of sp³-hybridized carbons (Fsp3) is 0.455.